The summed E-state index contributed by atoms with van der Waals surface area (Å²) in [7, 11) is 0. The van der Waals surface area contributed by atoms with Gasteiger partial charge in [0.15, 0.2) is 0 Å². The summed E-state index contributed by atoms with van der Waals surface area (Å²) in [6, 6.07) is 3.56. The summed E-state index contributed by atoms with van der Waals surface area (Å²) >= 11 is 0. The Morgan fingerprint density at radius 2 is 2.12 bits per heavy atom. The summed E-state index contributed by atoms with van der Waals surface area (Å²) in [5.41, 5.74) is -0.553. The molecule has 1 aliphatic rings. The third kappa shape index (κ3) is 4.84. The van der Waals surface area contributed by atoms with Crippen molar-refractivity contribution in [2.24, 2.45) is 0 Å². The Balaban J connectivity index is 0.00000288. The molecule has 1 aliphatic heterocycles. The van der Waals surface area contributed by atoms with E-state index < -0.39 is 23.5 Å². The fourth-order valence-electron chi connectivity index (χ4n) is 2.95. The van der Waals surface area contributed by atoms with Crippen molar-refractivity contribution >= 4 is 11.9 Å². The van der Waals surface area contributed by atoms with Gasteiger partial charge in [-0.05, 0) is 43.9 Å². The number of rotatable bonds is 7. The Labute approximate surface area is 183 Å². The van der Waals surface area contributed by atoms with E-state index in [0.717, 1.165) is 5.56 Å². The maximum atomic E-state index is 12.6. The predicted octanol–water partition coefficient (Wildman–Crippen LogP) is -3.52. The zero-order valence-electron chi connectivity index (χ0n) is 14.1. The molecule has 2 heterocycles. The van der Waals surface area contributed by atoms with Crippen LogP contribution in [0.3, 0.4) is 0 Å². The van der Waals surface area contributed by atoms with Crippen LogP contribution in [0.1, 0.15) is 31.7 Å². The number of carboxylic acid groups (broad SMARTS) is 1. The van der Waals surface area contributed by atoms with Gasteiger partial charge in [-0.3, -0.25) is 9.78 Å². The number of aromatic nitrogens is 1. The van der Waals surface area contributed by atoms with Crippen LogP contribution in [0.4, 0.5) is 0 Å². The minimum atomic E-state index is -1.43. The van der Waals surface area contributed by atoms with Crippen molar-refractivity contribution in [3.05, 3.63) is 30.1 Å². The fourth-order valence-corrected chi connectivity index (χ4v) is 2.95. The first-order chi connectivity index (χ1) is 11.0. The van der Waals surface area contributed by atoms with E-state index in [1.54, 1.807) is 31.5 Å². The van der Waals surface area contributed by atoms with Crippen molar-refractivity contribution in [2.45, 2.75) is 44.4 Å². The average molecular weight is 360 g/mol. The molecule has 1 saturated heterocycles. The molecule has 1 amide bonds. The van der Waals surface area contributed by atoms with E-state index in [1.165, 1.54) is 4.90 Å². The van der Waals surface area contributed by atoms with E-state index >= 15 is 0 Å². The number of hydrogen-bond donors (Lipinski definition) is 1. The Morgan fingerprint density at radius 3 is 2.71 bits per heavy atom. The Kier molecular flexibility index (Phi) is 9.00. The largest absolute Gasteiger partial charge is 1.00 e. The van der Waals surface area contributed by atoms with E-state index in [1.807, 2.05) is 0 Å². The molecule has 1 aromatic heterocycles. The van der Waals surface area contributed by atoms with Gasteiger partial charge < -0.3 is 24.6 Å². The number of carbonyl (C=O) groups excluding carboxylic acids is 2. The summed E-state index contributed by atoms with van der Waals surface area (Å²) in [5, 5.41) is 20.7. The van der Waals surface area contributed by atoms with Crippen molar-refractivity contribution in [2.75, 3.05) is 13.2 Å². The first-order valence-corrected chi connectivity index (χ1v) is 7.65. The fraction of sp³-hybridized carbons (Fsp3) is 0.562. The second-order valence-corrected chi connectivity index (χ2v) is 5.69. The number of ether oxygens (including phenoxy) is 1. The van der Waals surface area contributed by atoms with Crippen LogP contribution in [0, 0.1) is 0 Å². The normalized spacial score (nSPS) is 21.2. The van der Waals surface area contributed by atoms with Crippen LogP contribution in [-0.4, -0.2) is 51.7 Å². The summed E-state index contributed by atoms with van der Waals surface area (Å²) < 4.78 is 5.56. The molecule has 8 heteroatoms. The smallest absolute Gasteiger partial charge is 0.548 e. The van der Waals surface area contributed by atoms with Crippen LogP contribution < -0.4 is 56.5 Å². The van der Waals surface area contributed by atoms with Gasteiger partial charge in [0.05, 0.1) is 18.1 Å². The van der Waals surface area contributed by atoms with Crippen LogP contribution in [-0.2, 0) is 20.9 Å². The molecule has 1 aromatic rings. The second-order valence-electron chi connectivity index (χ2n) is 5.69. The minimum Gasteiger partial charge on any atom is -0.548 e. The third-order valence-electron chi connectivity index (χ3n) is 4.26. The standard InChI is InChI=1S/C16H22N2O5.K/c1-12(23-11-13-3-7-17-8-4-13)14(20)18-9-2-5-16(18,6-10-19)15(21)22;/h3-4,7-8,12,19H,2,5-6,9-11H2,1H3,(H,21,22);/q;+1/p-1. The van der Waals surface area contributed by atoms with Crippen molar-refractivity contribution in [3.8, 4) is 0 Å². The van der Waals surface area contributed by atoms with Gasteiger partial charge in [-0.15, -0.1) is 0 Å². The van der Waals surface area contributed by atoms with Gasteiger partial charge >= 0.3 is 51.4 Å². The van der Waals surface area contributed by atoms with Gasteiger partial charge in [0.25, 0.3) is 5.91 Å². The summed E-state index contributed by atoms with van der Waals surface area (Å²) in [5.74, 6) is -1.71. The van der Waals surface area contributed by atoms with Gasteiger partial charge in [0.1, 0.15) is 6.10 Å². The molecule has 1 N–H and O–H groups in total. The molecule has 2 unspecified atom stereocenters. The molecule has 126 valence electrons. The van der Waals surface area contributed by atoms with E-state index in [9.17, 15) is 14.7 Å². The number of aliphatic carboxylic acids is 1. The molecule has 7 nitrogen and oxygen atoms in total. The SMILES string of the molecule is CC(OCc1ccncc1)C(=O)N1CCCC1(CCO)C(=O)[O-].[K+]. The van der Waals surface area contributed by atoms with Crippen LogP contribution in [0.5, 0.6) is 0 Å². The molecule has 24 heavy (non-hydrogen) atoms. The number of carbonyl (C=O) groups is 2. The molecular formula is C16H21KN2O5. The quantitative estimate of drug-likeness (QED) is 0.506. The maximum Gasteiger partial charge on any atom is 1.00 e. The van der Waals surface area contributed by atoms with E-state index in [4.69, 9.17) is 9.84 Å². The zero-order chi connectivity index (χ0) is 16.9. The number of nitrogens with zero attached hydrogens (tertiary/aromatic N) is 2. The first-order valence-electron chi connectivity index (χ1n) is 7.65. The Morgan fingerprint density at radius 1 is 1.46 bits per heavy atom. The Bertz CT molecular complexity index is 557. The number of pyridine rings is 1. The predicted molar refractivity (Wildman–Crippen MR) is 78.9 cm³/mol. The first kappa shape index (κ1) is 21.7. The van der Waals surface area contributed by atoms with Gasteiger partial charge in [0, 0.05) is 25.5 Å². The zero-order valence-corrected chi connectivity index (χ0v) is 17.2. The molecule has 2 rings (SSSR count). The number of aliphatic hydroxyl groups excluding tert-OH is 1. The van der Waals surface area contributed by atoms with E-state index in [-0.39, 0.29) is 71.0 Å². The van der Waals surface area contributed by atoms with Crippen LogP contribution >= 0.6 is 0 Å². The molecule has 0 spiro atoms. The van der Waals surface area contributed by atoms with Gasteiger partial charge in [-0.25, -0.2) is 0 Å². The number of amides is 1. The van der Waals surface area contributed by atoms with Gasteiger partial charge in [0.2, 0.25) is 0 Å². The summed E-state index contributed by atoms with van der Waals surface area (Å²) in [4.78, 5) is 29.3. The molecule has 0 bridgehead atoms. The number of aliphatic hydroxyl groups is 1. The maximum absolute atomic E-state index is 12.6. The van der Waals surface area contributed by atoms with Crippen molar-refractivity contribution in [1.82, 2.24) is 9.88 Å². The average Bonchev–Trinajstić information content (AvgIpc) is 2.98. The second kappa shape index (κ2) is 9.96. The molecule has 2 atom stereocenters. The third-order valence-corrected chi connectivity index (χ3v) is 4.26. The monoisotopic (exact) mass is 360 g/mol. The molecular weight excluding hydrogens is 339 g/mol. The molecule has 1 fully saturated rings. The van der Waals surface area contributed by atoms with Crippen molar-refractivity contribution < 1.29 is 75.9 Å². The van der Waals surface area contributed by atoms with Gasteiger partial charge in [-0.1, -0.05) is 0 Å². The van der Waals surface area contributed by atoms with Crippen LogP contribution in [0.15, 0.2) is 24.5 Å². The van der Waals surface area contributed by atoms with Gasteiger partial charge in [-0.2, -0.15) is 0 Å². The molecule has 0 radical (unpaired) electrons. The topological polar surface area (TPSA) is 103 Å². The van der Waals surface area contributed by atoms with E-state index in [0.29, 0.717) is 19.4 Å². The molecule has 0 aliphatic carbocycles. The minimum absolute atomic E-state index is 0. The van der Waals surface area contributed by atoms with Crippen molar-refractivity contribution in [1.29, 1.82) is 0 Å². The number of carboxylic acids is 1. The van der Waals surface area contributed by atoms with Crippen molar-refractivity contribution in [3.63, 3.8) is 0 Å². The van der Waals surface area contributed by atoms with Crippen LogP contribution in [0.2, 0.25) is 0 Å². The van der Waals surface area contributed by atoms with E-state index in [2.05, 4.69) is 4.98 Å². The summed E-state index contributed by atoms with van der Waals surface area (Å²) in [6.07, 6.45) is 3.31. The summed E-state index contributed by atoms with van der Waals surface area (Å²) in [6.45, 7) is 1.85. The van der Waals surface area contributed by atoms with Crippen LogP contribution in [0.25, 0.3) is 0 Å². The number of hydrogen-bond acceptors (Lipinski definition) is 6. The molecule has 0 saturated carbocycles. The number of likely N-dealkylation sites (tertiary alicyclic amines) is 1. The molecule has 0 aromatic carbocycles. The Hall–Kier alpha value is -0.354.